The van der Waals surface area contributed by atoms with E-state index in [0.29, 0.717) is 16.4 Å². The topological polar surface area (TPSA) is 128 Å². The molecule has 13 heteroatoms. The van der Waals surface area contributed by atoms with E-state index in [1.165, 1.54) is 19.2 Å². The molecule has 2 aromatic carbocycles. The maximum Gasteiger partial charge on any atom is 0.409 e. The molecule has 1 saturated heterocycles. The van der Waals surface area contributed by atoms with Gasteiger partial charge in [-0.05, 0) is 24.3 Å². The zero-order chi connectivity index (χ0) is 24.9. The third-order valence-electron chi connectivity index (χ3n) is 4.97. The summed E-state index contributed by atoms with van der Waals surface area (Å²) in [4.78, 5) is 24.6. The number of carbonyl (C=O) groups is 2. The first-order valence-electron chi connectivity index (χ1n) is 10.1. The van der Waals surface area contributed by atoms with E-state index in [1.807, 2.05) is 0 Å². The maximum atomic E-state index is 14.6. The van der Waals surface area contributed by atoms with Crippen LogP contribution in [0.25, 0.3) is 0 Å². The highest BCUT2D eigenvalue weighted by molar-refractivity contribution is 7.89. The number of benzene rings is 2. The number of rotatable bonds is 8. The van der Waals surface area contributed by atoms with Crippen LogP contribution in [0.5, 0.6) is 11.5 Å². The van der Waals surface area contributed by atoms with E-state index in [4.69, 9.17) is 19.9 Å². The van der Waals surface area contributed by atoms with Crippen LogP contribution < -0.4 is 10.5 Å². The Kier molecular flexibility index (Phi) is 8.02. The molecule has 0 aromatic heterocycles. The smallest absolute Gasteiger partial charge is 0.409 e. The molecule has 34 heavy (non-hydrogen) atoms. The summed E-state index contributed by atoms with van der Waals surface area (Å²) < 4.78 is 71.3. The van der Waals surface area contributed by atoms with Crippen LogP contribution in [0.2, 0.25) is 0 Å². The number of halogens is 2. The van der Waals surface area contributed by atoms with Gasteiger partial charge in [0.1, 0.15) is 18.4 Å². The SMILES string of the molecule is COCCOC(=O)N1CCN(S(=O)(=O)c2cc(F)c(Oc3ccccc3)c(F)c2)[C@@H](C(N)=O)C1. The largest absolute Gasteiger partial charge is 0.451 e. The number of piperazine rings is 1. The number of hydrogen-bond acceptors (Lipinski definition) is 7. The molecule has 0 unspecified atom stereocenters. The van der Waals surface area contributed by atoms with Gasteiger partial charge in [0.25, 0.3) is 0 Å². The Balaban J connectivity index is 1.83. The fourth-order valence-electron chi connectivity index (χ4n) is 3.28. The molecule has 2 N–H and O–H groups in total. The van der Waals surface area contributed by atoms with Crippen molar-refractivity contribution in [2.75, 3.05) is 40.0 Å². The van der Waals surface area contributed by atoms with Crippen molar-refractivity contribution in [3.05, 3.63) is 54.1 Å². The summed E-state index contributed by atoms with van der Waals surface area (Å²) in [5, 5.41) is 0. The molecule has 3 rings (SSSR count). The number of sulfonamides is 1. The third-order valence-corrected chi connectivity index (χ3v) is 6.86. The van der Waals surface area contributed by atoms with Gasteiger partial charge in [-0.25, -0.2) is 22.0 Å². The average Bonchev–Trinajstić information content (AvgIpc) is 2.81. The van der Waals surface area contributed by atoms with Crippen molar-refractivity contribution in [2.24, 2.45) is 5.73 Å². The molecule has 1 fully saturated rings. The summed E-state index contributed by atoms with van der Waals surface area (Å²) in [7, 11) is -3.14. The van der Waals surface area contributed by atoms with Gasteiger partial charge < -0.3 is 24.8 Å². The molecule has 1 heterocycles. The minimum atomic E-state index is -4.56. The Morgan fingerprint density at radius 3 is 2.32 bits per heavy atom. The van der Waals surface area contributed by atoms with Crippen LogP contribution in [-0.4, -0.2) is 75.6 Å². The van der Waals surface area contributed by atoms with Crippen LogP contribution in [-0.2, 0) is 24.3 Å². The first-order valence-corrected chi connectivity index (χ1v) is 11.5. The van der Waals surface area contributed by atoms with Gasteiger partial charge >= 0.3 is 6.09 Å². The van der Waals surface area contributed by atoms with Crippen LogP contribution in [0, 0.1) is 11.6 Å². The molecule has 1 aliphatic heterocycles. The summed E-state index contributed by atoms with van der Waals surface area (Å²) in [5.74, 6) is -4.17. The van der Waals surface area contributed by atoms with Gasteiger partial charge in [-0.3, -0.25) is 4.79 Å². The van der Waals surface area contributed by atoms with Crippen molar-refractivity contribution in [2.45, 2.75) is 10.9 Å². The molecule has 10 nitrogen and oxygen atoms in total. The second-order valence-corrected chi connectivity index (χ2v) is 9.11. The summed E-state index contributed by atoms with van der Waals surface area (Å²) in [6.45, 7) is -0.748. The summed E-state index contributed by atoms with van der Waals surface area (Å²) >= 11 is 0. The predicted octanol–water partition coefficient (Wildman–Crippen LogP) is 1.70. The van der Waals surface area contributed by atoms with Crippen molar-refractivity contribution in [3.8, 4) is 11.5 Å². The van der Waals surface area contributed by atoms with Gasteiger partial charge in [-0.2, -0.15) is 4.31 Å². The molecule has 1 aliphatic rings. The second-order valence-electron chi connectivity index (χ2n) is 7.22. The molecular formula is C21H23F2N3O7S. The fraction of sp³-hybridized carbons (Fsp3) is 0.333. The van der Waals surface area contributed by atoms with E-state index in [9.17, 15) is 26.8 Å². The Hall–Kier alpha value is -3.29. The molecule has 2 amide bonds. The van der Waals surface area contributed by atoms with Gasteiger partial charge in [-0.1, -0.05) is 18.2 Å². The van der Waals surface area contributed by atoms with Crippen LogP contribution in [0.4, 0.5) is 13.6 Å². The zero-order valence-corrected chi connectivity index (χ0v) is 19.0. The van der Waals surface area contributed by atoms with Gasteiger partial charge in [0.15, 0.2) is 17.4 Å². The van der Waals surface area contributed by atoms with Crippen molar-refractivity contribution in [3.63, 3.8) is 0 Å². The molecule has 0 saturated carbocycles. The zero-order valence-electron chi connectivity index (χ0n) is 18.1. The van der Waals surface area contributed by atoms with E-state index >= 15 is 0 Å². The molecule has 1 atom stereocenters. The molecule has 0 radical (unpaired) electrons. The highest BCUT2D eigenvalue weighted by Crippen LogP contribution is 2.31. The van der Waals surface area contributed by atoms with Gasteiger partial charge in [0, 0.05) is 26.7 Å². The molecule has 2 aromatic rings. The molecule has 0 bridgehead atoms. The highest BCUT2D eigenvalue weighted by atomic mass is 32.2. The minimum absolute atomic E-state index is 0.0367. The Labute approximate surface area is 194 Å². The van der Waals surface area contributed by atoms with E-state index < -0.39 is 50.3 Å². The minimum Gasteiger partial charge on any atom is -0.451 e. The number of carbonyl (C=O) groups excluding carboxylic acids is 2. The highest BCUT2D eigenvalue weighted by Gasteiger charge is 2.41. The lowest BCUT2D eigenvalue weighted by Gasteiger charge is -2.38. The van der Waals surface area contributed by atoms with Crippen LogP contribution in [0.3, 0.4) is 0 Å². The lowest BCUT2D eigenvalue weighted by atomic mass is 10.2. The predicted molar refractivity (Wildman–Crippen MR) is 115 cm³/mol. The monoisotopic (exact) mass is 499 g/mol. The molecular weight excluding hydrogens is 476 g/mol. The lowest BCUT2D eigenvalue weighted by molar-refractivity contribution is -0.123. The second kappa shape index (κ2) is 10.8. The first kappa shape index (κ1) is 25.3. The standard InChI is InChI=1S/C21H23F2N3O7S/c1-31-9-10-32-21(28)25-7-8-26(18(13-25)20(24)27)34(29,30)15-11-16(22)19(17(23)12-15)33-14-5-3-2-4-6-14/h2-6,11-12,18H,7-10,13H2,1H3,(H2,24,27)/t18-/m1/s1. The normalized spacial score (nSPS) is 16.8. The maximum absolute atomic E-state index is 14.6. The Bertz CT molecular complexity index is 1130. The van der Waals surface area contributed by atoms with Crippen molar-refractivity contribution >= 4 is 22.0 Å². The van der Waals surface area contributed by atoms with E-state index in [1.54, 1.807) is 18.2 Å². The number of para-hydroxylation sites is 1. The summed E-state index contributed by atoms with van der Waals surface area (Å²) in [6, 6.07) is 7.55. The number of nitrogens with two attached hydrogens (primary N) is 1. The quantitative estimate of drug-likeness (QED) is 0.548. The van der Waals surface area contributed by atoms with E-state index in [2.05, 4.69) is 0 Å². The van der Waals surface area contributed by atoms with E-state index in [0.717, 1.165) is 4.90 Å². The summed E-state index contributed by atoms with van der Waals surface area (Å²) in [5.41, 5.74) is 5.37. The third kappa shape index (κ3) is 5.61. The average molecular weight is 499 g/mol. The number of ether oxygens (including phenoxy) is 3. The van der Waals surface area contributed by atoms with Crippen molar-refractivity contribution in [1.29, 1.82) is 0 Å². The molecule has 0 spiro atoms. The Morgan fingerprint density at radius 2 is 1.74 bits per heavy atom. The van der Waals surface area contributed by atoms with Crippen molar-refractivity contribution in [1.82, 2.24) is 9.21 Å². The van der Waals surface area contributed by atoms with Gasteiger partial charge in [-0.15, -0.1) is 0 Å². The number of nitrogens with zero attached hydrogens (tertiary/aromatic N) is 2. The van der Waals surface area contributed by atoms with Crippen LogP contribution in [0.1, 0.15) is 0 Å². The summed E-state index contributed by atoms with van der Waals surface area (Å²) in [6.07, 6.45) is -0.778. The van der Waals surface area contributed by atoms with Gasteiger partial charge in [0.2, 0.25) is 15.9 Å². The van der Waals surface area contributed by atoms with Crippen LogP contribution in [0.15, 0.2) is 47.4 Å². The number of primary amides is 1. The van der Waals surface area contributed by atoms with E-state index in [-0.39, 0.29) is 38.6 Å². The van der Waals surface area contributed by atoms with Gasteiger partial charge in [0.05, 0.1) is 11.5 Å². The fourth-order valence-corrected chi connectivity index (χ4v) is 4.88. The molecule has 0 aliphatic carbocycles. The number of amides is 2. The lowest BCUT2D eigenvalue weighted by Crippen LogP contribution is -2.60. The van der Waals surface area contributed by atoms with Crippen molar-refractivity contribution < 1.29 is 41.0 Å². The number of methoxy groups -OCH3 is 1. The van der Waals surface area contributed by atoms with Crippen LogP contribution >= 0.6 is 0 Å². The Morgan fingerprint density at radius 1 is 1.09 bits per heavy atom. The number of hydrogen-bond donors (Lipinski definition) is 1. The molecule has 184 valence electrons. The first-order chi connectivity index (χ1) is 16.1.